The van der Waals surface area contributed by atoms with Gasteiger partial charge in [-0.25, -0.2) is 4.90 Å². The number of para-hydroxylation sites is 1. The average Bonchev–Trinajstić information content (AvgIpc) is 2.67. The average molecular weight is 272 g/mol. The van der Waals surface area contributed by atoms with Crippen molar-refractivity contribution >= 4 is 17.5 Å². The fourth-order valence-corrected chi connectivity index (χ4v) is 3.16. The highest BCUT2D eigenvalue weighted by atomic mass is 16.2. The summed E-state index contributed by atoms with van der Waals surface area (Å²) in [5.41, 5.74) is 0.694. The van der Waals surface area contributed by atoms with Crippen molar-refractivity contribution in [3.8, 4) is 0 Å². The van der Waals surface area contributed by atoms with E-state index >= 15 is 0 Å². The fourth-order valence-electron chi connectivity index (χ4n) is 3.16. The van der Waals surface area contributed by atoms with Gasteiger partial charge in [-0.15, -0.1) is 0 Å². The zero-order valence-electron chi connectivity index (χ0n) is 11.6. The molecule has 0 spiro atoms. The maximum atomic E-state index is 12.6. The van der Waals surface area contributed by atoms with Gasteiger partial charge >= 0.3 is 0 Å². The highest BCUT2D eigenvalue weighted by molar-refractivity contribution is 6.22. The van der Waals surface area contributed by atoms with Crippen molar-refractivity contribution in [2.24, 2.45) is 0 Å². The Morgan fingerprint density at radius 1 is 0.900 bits per heavy atom. The van der Waals surface area contributed by atoms with Crippen LogP contribution < -0.4 is 4.90 Å². The molecule has 2 saturated heterocycles. The number of imide groups is 1. The molecule has 2 heterocycles. The van der Waals surface area contributed by atoms with Gasteiger partial charge in [0.25, 0.3) is 5.91 Å². The Morgan fingerprint density at radius 3 is 2.20 bits per heavy atom. The quantitative estimate of drug-likeness (QED) is 0.775. The van der Waals surface area contributed by atoms with E-state index in [1.54, 1.807) is 0 Å². The van der Waals surface area contributed by atoms with Crippen molar-refractivity contribution in [3.63, 3.8) is 0 Å². The van der Waals surface area contributed by atoms with Crippen LogP contribution in [0.4, 0.5) is 5.69 Å². The van der Waals surface area contributed by atoms with Gasteiger partial charge in [-0.05, 0) is 38.1 Å². The first-order chi connectivity index (χ1) is 9.77. The number of likely N-dealkylation sites (tertiary alicyclic amines) is 1. The van der Waals surface area contributed by atoms with Gasteiger partial charge in [0.1, 0.15) is 0 Å². The number of hydrogen-bond acceptors (Lipinski definition) is 3. The molecular formula is C16H20N2O2. The highest BCUT2D eigenvalue weighted by Gasteiger charge is 2.42. The molecule has 4 heteroatoms. The molecule has 0 unspecified atom stereocenters. The Balaban J connectivity index is 1.79. The number of nitrogens with zero attached hydrogens (tertiary/aromatic N) is 2. The summed E-state index contributed by atoms with van der Waals surface area (Å²) in [5.74, 6) is -0.126. The van der Waals surface area contributed by atoms with Gasteiger partial charge in [-0.1, -0.05) is 31.0 Å². The highest BCUT2D eigenvalue weighted by Crippen LogP contribution is 2.26. The largest absolute Gasteiger partial charge is 0.292 e. The minimum absolute atomic E-state index is 0.0527. The predicted octanol–water partition coefficient (Wildman–Crippen LogP) is 2.19. The molecule has 0 saturated carbocycles. The molecule has 2 aliphatic rings. The van der Waals surface area contributed by atoms with E-state index in [2.05, 4.69) is 4.90 Å². The van der Waals surface area contributed by atoms with E-state index in [4.69, 9.17) is 0 Å². The molecule has 106 valence electrons. The SMILES string of the molecule is O=C1C[C@@H](N2CCCCCC2)C(=O)N1c1ccccc1. The van der Waals surface area contributed by atoms with E-state index in [0.717, 1.165) is 25.9 Å². The van der Waals surface area contributed by atoms with E-state index < -0.39 is 0 Å². The van der Waals surface area contributed by atoms with Crippen LogP contribution in [0.15, 0.2) is 30.3 Å². The topological polar surface area (TPSA) is 40.6 Å². The summed E-state index contributed by atoms with van der Waals surface area (Å²) in [5, 5.41) is 0. The molecule has 2 amide bonds. The van der Waals surface area contributed by atoms with Gasteiger partial charge < -0.3 is 0 Å². The number of hydrogen-bond donors (Lipinski definition) is 0. The number of rotatable bonds is 2. The molecule has 2 aliphatic heterocycles. The molecule has 3 rings (SSSR count). The summed E-state index contributed by atoms with van der Waals surface area (Å²) in [4.78, 5) is 28.4. The lowest BCUT2D eigenvalue weighted by molar-refractivity contribution is -0.122. The third-order valence-electron chi connectivity index (χ3n) is 4.22. The van der Waals surface area contributed by atoms with Gasteiger partial charge in [-0.2, -0.15) is 0 Å². The van der Waals surface area contributed by atoms with Crippen molar-refractivity contribution in [2.45, 2.75) is 38.1 Å². The number of carbonyl (C=O) groups excluding carboxylic acids is 2. The van der Waals surface area contributed by atoms with Crippen molar-refractivity contribution in [2.75, 3.05) is 18.0 Å². The Labute approximate surface area is 119 Å². The van der Waals surface area contributed by atoms with Crippen LogP contribution in [-0.4, -0.2) is 35.8 Å². The molecular weight excluding hydrogens is 252 g/mol. The van der Waals surface area contributed by atoms with Gasteiger partial charge in [0.2, 0.25) is 5.91 Å². The number of carbonyl (C=O) groups is 2. The second-order valence-corrected chi connectivity index (χ2v) is 5.57. The van der Waals surface area contributed by atoms with E-state index in [0.29, 0.717) is 12.1 Å². The fraction of sp³-hybridized carbons (Fsp3) is 0.500. The normalized spacial score (nSPS) is 25.0. The standard InChI is InChI=1S/C16H20N2O2/c19-15-12-14(17-10-6-1-2-7-11-17)16(20)18(15)13-8-4-3-5-9-13/h3-5,8-9,14H,1-2,6-7,10-12H2/t14-/m1/s1. The molecule has 0 aromatic heterocycles. The maximum Gasteiger partial charge on any atom is 0.251 e. The minimum atomic E-state index is -0.249. The summed E-state index contributed by atoms with van der Waals surface area (Å²) in [6.07, 6.45) is 5.04. The van der Waals surface area contributed by atoms with Crippen LogP contribution >= 0.6 is 0 Å². The first kappa shape index (κ1) is 13.3. The molecule has 4 nitrogen and oxygen atoms in total. The van der Waals surface area contributed by atoms with Crippen LogP contribution in [-0.2, 0) is 9.59 Å². The van der Waals surface area contributed by atoms with Crippen LogP contribution in [0.5, 0.6) is 0 Å². The lowest BCUT2D eigenvalue weighted by Gasteiger charge is -2.25. The van der Waals surface area contributed by atoms with Crippen molar-refractivity contribution in [1.82, 2.24) is 4.90 Å². The lowest BCUT2D eigenvalue weighted by Crippen LogP contribution is -2.42. The van der Waals surface area contributed by atoms with Gasteiger partial charge in [0, 0.05) is 0 Å². The predicted molar refractivity (Wildman–Crippen MR) is 77.4 cm³/mol. The molecule has 1 atom stereocenters. The Bertz CT molecular complexity index is 492. The van der Waals surface area contributed by atoms with Gasteiger partial charge in [-0.3, -0.25) is 14.5 Å². The Kier molecular flexibility index (Phi) is 3.83. The molecule has 0 N–H and O–H groups in total. The Morgan fingerprint density at radius 2 is 1.55 bits per heavy atom. The van der Waals surface area contributed by atoms with Gasteiger partial charge in [0.05, 0.1) is 18.2 Å². The zero-order valence-corrected chi connectivity index (χ0v) is 11.6. The third kappa shape index (κ3) is 2.48. The monoisotopic (exact) mass is 272 g/mol. The molecule has 0 aliphatic carbocycles. The summed E-state index contributed by atoms with van der Waals surface area (Å²) in [6.45, 7) is 1.87. The maximum absolute atomic E-state index is 12.6. The molecule has 2 fully saturated rings. The summed E-state index contributed by atoms with van der Waals surface area (Å²) >= 11 is 0. The van der Waals surface area contributed by atoms with Crippen LogP contribution in [0.1, 0.15) is 32.1 Å². The molecule has 1 aromatic rings. The zero-order chi connectivity index (χ0) is 13.9. The van der Waals surface area contributed by atoms with Crippen LogP contribution in [0, 0.1) is 0 Å². The third-order valence-corrected chi connectivity index (χ3v) is 4.22. The van der Waals surface area contributed by atoms with Crippen molar-refractivity contribution in [1.29, 1.82) is 0 Å². The molecule has 0 bridgehead atoms. The van der Waals surface area contributed by atoms with Crippen LogP contribution in [0.25, 0.3) is 0 Å². The smallest absolute Gasteiger partial charge is 0.251 e. The first-order valence-electron chi connectivity index (χ1n) is 7.43. The van der Waals surface area contributed by atoms with E-state index in [1.807, 2.05) is 30.3 Å². The molecule has 0 radical (unpaired) electrons. The van der Waals surface area contributed by atoms with E-state index in [9.17, 15) is 9.59 Å². The molecule has 1 aromatic carbocycles. The van der Waals surface area contributed by atoms with E-state index in [-0.39, 0.29) is 17.9 Å². The number of amides is 2. The minimum Gasteiger partial charge on any atom is -0.292 e. The first-order valence-corrected chi connectivity index (χ1v) is 7.43. The Hall–Kier alpha value is -1.68. The molecule has 20 heavy (non-hydrogen) atoms. The van der Waals surface area contributed by atoms with Crippen molar-refractivity contribution < 1.29 is 9.59 Å². The van der Waals surface area contributed by atoms with Crippen molar-refractivity contribution in [3.05, 3.63) is 30.3 Å². The summed E-state index contributed by atoms with van der Waals surface area (Å²) in [7, 11) is 0. The summed E-state index contributed by atoms with van der Waals surface area (Å²) in [6, 6.07) is 8.99. The summed E-state index contributed by atoms with van der Waals surface area (Å²) < 4.78 is 0. The second kappa shape index (κ2) is 5.75. The second-order valence-electron chi connectivity index (χ2n) is 5.57. The van der Waals surface area contributed by atoms with Gasteiger partial charge in [0.15, 0.2) is 0 Å². The number of anilines is 1. The van der Waals surface area contributed by atoms with Crippen LogP contribution in [0.2, 0.25) is 0 Å². The lowest BCUT2D eigenvalue weighted by atomic mass is 10.2. The number of benzene rings is 1. The van der Waals surface area contributed by atoms with E-state index in [1.165, 1.54) is 17.7 Å². The van der Waals surface area contributed by atoms with Crippen LogP contribution in [0.3, 0.4) is 0 Å².